The molecule has 1 aromatic carbocycles. The molecule has 2 aromatic rings. The summed E-state index contributed by atoms with van der Waals surface area (Å²) < 4.78 is 46.6. The van der Waals surface area contributed by atoms with Crippen LogP contribution in [0.2, 0.25) is 0 Å². The van der Waals surface area contributed by atoms with Crippen LogP contribution >= 0.6 is 11.3 Å². The average molecular weight is 385 g/mol. The highest BCUT2D eigenvalue weighted by atomic mass is 32.1. The Bertz CT molecular complexity index is 734. The second-order valence-corrected chi connectivity index (χ2v) is 6.95. The number of hydrogen-bond donors (Lipinski definition) is 0. The van der Waals surface area contributed by atoms with Gasteiger partial charge in [0.1, 0.15) is 5.75 Å². The number of likely N-dealkylation sites (tertiary alicyclic amines) is 1. The molecule has 0 N–H and O–H groups in total. The van der Waals surface area contributed by atoms with Crippen LogP contribution in [0.15, 0.2) is 41.8 Å². The van der Waals surface area contributed by atoms with E-state index in [9.17, 15) is 18.0 Å². The molecule has 1 amide bonds. The normalized spacial score (nSPS) is 18.0. The van der Waals surface area contributed by atoms with Gasteiger partial charge in [-0.15, -0.1) is 24.5 Å². The number of halogens is 3. The summed E-state index contributed by atoms with van der Waals surface area (Å²) in [6.45, 7) is 1.34. The first kappa shape index (κ1) is 18.7. The molecule has 3 rings (SSSR count). The van der Waals surface area contributed by atoms with Crippen LogP contribution in [0.5, 0.6) is 5.75 Å². The lowest BCUT2D eigenvalue weighted by atomic mass is 10.1. The van der Waals surface area contributed by atoms with Crippen molar-refractivity contribution in [1.29, 1.82) is 0 Å². The number of amides is 1. The predicted molar refractivity (Wildman–Crippen MR) is 91.2 cm³/mol. The van der Waals surface area contributed by atoms with Crippen LogP contribution in [0.25, 0.3) is 0 Å². The first-order valence-electron chi connectivity index (χ1n) is 8.20. The molecule has 0 bridgehead atoms. The van der Waals surface area contributed by atoms with Gasteiger partial charge in [0.2, 0.25) is 0 Å². The molecule has 140 valence electrons. The van der Waals surface area contributed by atoms with Crippen molar-refractivity contribution in [2.75, 3.05) is 13.1 Å². The topological polar surface area (TPSA) is 38.8 Å². The van der Waals surface area contributed by atoms with Gasteiger partial charge in [0.25, 0.3) is 5.91 Å². The van der Waals surface area contributed by atoms with Crippen molar-refractivity contribution >= 4 is 17.2 Å². The minimum absolute atomic E-state index is 0.00567. The quantitative estimate of drug-likeness (QED) is 0.762. The molecular weight excluding hydrogens is 367 g/mol. The molecule has 1 aliphatic rings. The third kappa shape index (κ3) is 5.22. The molecule has 1 atom stereocenters. The van der Waals surface area contributed by atoms with E-state index < -0.39 is 6.36 Å². The fourth-order valence-corrected chi connectivity index (χ4v) is 3.55. The Labute approximate surface area is 153 Å². The zero-order valence-electron chi connectivity index (χ0n) is 13.9. The van der Waals surface area contributed by atoms with Gasteiger partial charge in [-0.1, -0.05) is 18.2 Å². The highest BCUT2D eigenvalue weighted by Gasteiger charge is 2.31. The molecule has 1 unspecified atom stereocenters. The molecule has 0 spiro atoms. The largest absolute Gasteiger partial charge is 0.573 e. The van der Waals surface area contributed by atoms with E-state index in [1.165, 1.54) is 29.5 Å². The number of rotatable bonds is 5. The van der Waals surface area contributed by atoms with Gasteiger partial charge < -0.3 is 14.4 Å². The van der Waals surface area contributed by atoms with E-state index >= 15 is 0 Å². The summed E-state index contributed by atoms with van der Waals surface area (Å²) in [6, 6.07) is 9.37. The molecule has 0 radical (unpaired) electrons. The number of alkyl halides is 3. The maximum Gasteiger partial charge on any atom is 0.573 e. The Balaban J connectivity index is 1.54. The third-order valence-electron chi connectivity index (χ3n) is 4.02. The summed E-state index contributed by atoms with van der Waals surface area (Å²) in [6.07, 6.45) is -3.21. The van der Waals surface area contributed by atoms with E-state index in [1.807, 2.05) is 11.4 Å². The lowest BCUT2D eigenvalue weighted by Crippen LogP contribution is -2.42. The molecule has 1 aromatic heterocycles. The maximum atomic E-state index is 12.4. The second kappa shape index (κ2) is 8.09. The standard InChI is InChI=1S/C18H18F3NO3S/c19-18(20,21)25-14-5-1-4-13(10-14)12-24-15-6-2-8-22(11-15)17(23)16-7-3-9-26-16/h1,3-5,7,9-10,15H,2,6,8,11-12H2. The number of hydrogen-bond acceptors (Lipinski definition) is 4. The van der Waals surface area contributed by atoms with E-state index in [1.54, 1.807) is 17.0 Å². The number of piperidine rings is 1. The molecule has 4 nitrogen and oxygen atoms in total. The number of thiophene rings is 1. The Morgan fingerprint density at radius 2 is 2.12 bits per heavy atom. The minimum Gasteiger partial charge on any atom is -0.406 e. The highest BCUT2D eigenvalue weighted by molar-refractivity contribution is 7.12. The minimum atomic E-state index is -4.72. The van der Waals surface area contributed by atoms with Gasteiger partial charge in [0.15, 0.2) is 0 Å². The monoisotopic (exact) mass is 385 g/mol. The van der Waals surface area contributed by atoms with Gasteiger partial charge >= 0.3 is 6.36 Å². The molecule has 1 aliphatic heterocycles. The van der Waals surface area contributed by atoms with Crippen LogP contribution in [-0.4, -0.2) is 36.4 Å². The molecule has 0 aliphatic carbocycles. The fourth-order valence-electron chi connectivity index (χ4n) is 2.86. The SMILES string of the molecule is O=C(c1cccs1)N1CCCC(OCc2cccc(OC(F)(F)F)c2)C1. The molecule has 8 heteroatoms. The zero-order valence-corrected chi connectivity index (χ0v) is 14.7. The maximum absolute atomic E-state index is 12.4. The summed E-state index contributed by atoms with van der Waals surface area (Å²) >= 11 is 1.40. The van der Waals surface area contributed by atoms with E-state index in [0.29, 0.717) is 23.5 Å². The number of benzene rings is 1. The highest BCUT2D eigenvalue weighted by Crippen LogP contribution is 2.24. The summed E-state index contributed by atoms with van der Waals surface area (Å²) in [4.78, 5) is 14.9. The molecule has 1 saturated heterocycles. The van der Waals surface area contributed by atoms with Crippen LogP contribution in [0.3, 0.4) is 0 Å². The van der Waals surface area contributed by atoms with Crippen LogP contribution in [0.1, 0.15) is 28.1 Å². The van der Waals surface area contributed by atoms with Crippen molar-refractivity contribution in [3.8, 4) is 5.75 Å². The van der Waals surface area contributed by atoms with Gasteiger partial charge in [0, 0.05) is 13.1 Å². The smallest absolute Gasteiger partial charge is 0.406 e. The van der Waals surface area contributed by atoms with E-state index in [0.717, 1.165) is 12.8 Å². The molecule has 2 heterocycles. The van der Waals surface area contributed by atoms with Crippen LogP contribution in [0.4, 0.5) is 13.2 Å². The summed E-state index contributed by atoms with van der Waals surface area (Å²) in [5.74, 6) is -0.273. The van der Waals surface area contributed by atoms with Crippen LogP contribution in [-0.2, 0) is 11.3 Å². The third-order valence-corrected chi connectivity index (χ3v) is 4.87. The fraction of sp³-hybridized carbons (Fsp3) is 0.389. The lowest BCUT2D eigenvalue weighted by Gasteiger charge is -2.32. The van der Waals surface area contributed by atoms with Gasteiger partial charge in [0.05, 0.1) is 17.6 Å². The van der Waals surface area contributed by atoms with Crippen molar-refractivity contribution in [2.45, 2.75) is 31.9 Å². The zero-order chi connectivity index (χ0) is 18.6. The average Bonchev–Trinajstić information content (AvgIpc) is 3.13. The van der Waals surface area contributed by atoms with Gasteiger partial charge in [-0.05, 0) is 42.0 Å². The van der Waals surface area contributed by atoms with E-state index in [-0.39, 0.29) is 24.4 Å². The van der Waals surface area contributed by atoms with Crippen molar-refractivity contribution in [3.05, 3.63) is 52.2 Å². The molecule has 26 heavy (non-hydrogen) atoms. The summed E-state index contributed by atoms with van der Waals surface area (Å²) in [5, 5.41) is 1.86. The number of ether oxygens (including phenoxy) is 2. The van der Waals surface area contributed by atoms with Gasteiger partial charge in [-0.2, -0.15) is 0 Å². The van der Waals surface area contributed by atoms with Crippen molar-refractivity contribution in [3.63, 3.8) is 0 Å². The Morgan fingerprint density at radius 3 is 2.85 bits per heavy atom. The van der Waals surface area contributed by atoms with Gasteiger partial charge in [-0.25, -0.2) is 0 Å². The number of carbonyl (C=O) groups is 1. The summed E-state index contributed by atoms with van der Waals surface area (Å²) in [5.41, 5.74) is 0.591. The van der Waals surface area contributed by atoms with E-state index in [4.69, 9.17) is 4.74 Å². The van der Waals surface area contributed by atoms with Crippen LogP contribution in [0, 0.1) is 0 Å². The van der Waals surface area contributed by atoms with Gasteiger partial charge in [-0.3, -0.25) is 4.79 Å². The first-order chi connectivity index (χ1) is 12.4. The second-order valence-electron chi connectivity index (χ2n) is 6.00. The van der Waals surface area contributed by atoms with Crippen molar-refractivity contribution in [1.82, 2.24) is 4.90 Å². The molecular formula is C18H18F3NO3S. The van der Waals surface area contributed by atoms with E-state index in [2.05, 4.69) is 4.74 Å². The lowest BCUT2D eigenvalue weighted by molar-refractivity contribution is -0.274. The summed E-state index contributed by atoms with van der Waals surface area (Å²) in [7, 11) is 0. The van der Waals surface area contributed by atoms with Crippen LogP contribution < -0.4 is 4.74 Å². The van der Waals surface area contributed by atoms with Crippen molar-refractivity contribution in [2.24, 2.45) is 0 Å². The first-order valence-corrected chi connectivity index (χ1v) is 9.08. The molecule has 1 fully saturated rings. The number of nitrogens with zero attached hydrogens (tertiary/aromatic N) is 1. The Kier molecular flexibility index (Phi) is 5.83. The van der Waals surface area contributed by atoms with Crippen molar-refractivity contribution < 1.29 is 27.4 Å². The molecule has 0 saturated carbocycles. The number of carbonyl (C=O) groups excluding carboxylic acids is 1. The Hall–Kier alpha value is -2.06. The Morgan fingerprint density at radius 1 is 1.27 bits per heavy atom. The predicted octanol–water partition coefficient (Wildman–Crippen LogP) is 4.47.